The lowest BCUT2D eigenvalue weighted by Crippen LogP contribution is -2.41. The van der Waals surface area contributed by atoms with Gasteiger partial charge in [-0.05, 0) is 118 Å². The summed E-state index contributed by atoms with van der Waals surface area (Å²) >= 11 is 13.7. The Morgan fingerprint density at radius 3 is 2.21 bits per heavy atom. The van der Waals surface area contributed by atoms with Crippen molar-refractivity contribution in [3.8, 4) is 16.9 Å². The van der Waals surface area contributed by atoms with Crippen LogP contribution in [-0.2, 0) is 29.6 Å². The molecule has 1 atom stereocenters. The SMILES string of the molecule is COc1cc(-c2cn(C)c(=O)c(C)c2C)cc(Cl)c1CN1CCC(C2CCN(c3ccc(CC4CCC(=O)NC4=O)cc3Cl)CC2)CC1. The number of carbonyl (C=O) groups is 2. The van der Waals surface area contributed by atoms with Crippen LogP contribution in [-0.4, -0.2) is 54.6 Å². The monoisotopic (exact) mass is 692 g/mol. The van der Waals surface area contributed by atoms with Gasteiger partial charge in [0.25, 0.3) is 5.56 Å². The molecular formula is C38H46Cl2N4O4. The zero-order valence-corrected chi connectivity index (χ0v) is 29.9. The lowest BCUT2D eigenvalue weighted by atomic mass is 9.78. The van der Waals surface area contributed by atoms with E-state index in [0.717, 1.165) is 95.4 Å². The predicted octanol–water partition coefficient (Wildman–Crippen LogP) is 6.71. The third-order valence-electron chi connectivity index (χ3n) is 11.0. The summed E-state index contributed by atoms with van der Waals surface area (Å²) in [6, 6.07) is 10.2. The summed E-state index contributed by atoms with van der Waals surface area (Å²) < 4.78 is 7.48. The summed E-state index contributed by atoms with van der Waals surface area (Å²) in [5, 5.41) is 3.87. The van der Waals surface area contributed by atoms with E-state index >= 15 is 0 Å². The number of rotatable bonds is 8. The van der Waals surface area contributed by atoms with Crippen molar-refractivity contribution < 1.29 is 14.3 Å². The minimum Gasteiger partial charge on any atom is -0.496 e. The predicted molar refractivity (Wildman–Crippen MR) is 192 cm³/mol. The van der Waals surface area contributed by atoms with Gasteiger partial charge < -0.3 is 14.2 Å². The van der Waals surface area contributed by atoms with E-state index < -0.39 is 0 Å². The van der Waals surface area contributed by atoms with Crippen molar-refractivity contribution in [2.45, 2.75) is 65.3 Å². The topological polar surface area (TPSA) is 83.9 Å². The second-order valence-electron chi connectivity index (χ2n) is 13.9. The summed E-state index contributed by atoms with van der Waals surface area (Å²) in [5.41, 5.74) is 6.75. The molecule has 0 radical (unpaired) electrons. The normalized spacial score (nSPS) is 19.9. The molecular weight excluding hydrogens is 647 g/mol. The fourth-order valence-corrected chi connectivity index (χ4v) is 8.53. The van der Waals surface area contributed by atoms with Gasteiger partial charge in [-0.2, -0.15) is 0 Å². The van der Waals surface area contributed by atoms with Gasteiger partial charge >= 0.3 is 0 Å². The molecule has 2 aromatic carbocycles. The number of benzene rings is 2. The number of likely N-dealkylation sites (tertiary alicyclic amines) is 1. The Morgan fingerprint density at radius 2 is 1.56 bits per heavy atom. The van der Waals surface area contributed by atoms with E-state index in [4.69, 9.17) is 27.9 Å². The Bertz CT molecular complexity index is 1760. The number of ether oxygens (including phenoxy) is 1. The van der Waals surface area contributed by atoms with Crippen molar-refractivity contribution in [1.82, 2.24) is 14.8 Å². The van der Waals surface area contributed by atoms with Crippen LogP contribution in [0.15, 0.2) is 41.3 Å². The number of piperidine rings is 3. The molecule has 0 saturated carbocycles. The maximum atomic E-state index is 12.4. The molecule has 8 nitrogen and oxygen atoms in total. The lowest BCUT2D eigenvalue weighted by Gasteiger charge is -2.41. The molecule has 3 aromatic rings. The maximum Gasteiger partial charge on any atom is 0.253 e. The Kier molecular flexibility index (Phi) is 10.5. The van der Waals surface area contributed by atoms with Crippen molar-refractivity contribution >= 4 is 40.7 Å². The number of anilines is 1. The number of aryl methyl sites for hydroxylation is 1. The summed E-state index contributed by atoms with van der Waals surface area (Å²) in [5.74, 6) is 1.65. The van der Waals surface area contributed by atoms with Crippen molar-refractivity contribution in [3.63, 3.8) is 0 Å². The smallest absolute Gasteiger partial charge is 0.253 e. The van der Waals surface area contributed by atoms with Gasteiger partial charge in [-0.3, -0.25) is 24.6 Å². The highest BCUT2D eigenvalue weighted by molar-refractivity contribution is 6.33. The Balaban J connectivity index is 1.02. The summed E-state index contributed by atoms with van der Waals surface area (Å²) in [4.78, 5) is 41.0. The zero-order chi connectivity index (χ0) is 34.1. The van der Waals surface area contributed by atoms with Crippen LogP contribution in [0.2, 0.25) is 10.0 Å². The fraction of sp³-hybridized carbons (Fsp3) is 0.500. The van der Waals surface area contributed by atoms with Crippen molar-refractivity contribution in [2.24, 2.45) is 24.8 Å². The summed E-state index contributed by atoms with van der Waals surface area (Å²) in [6.45, 7) is 8.64. The summed E-state index contributed by atoms with van der Waals surface area (Å²) in [7, 11) is 3.47. The van der Waals surface area contributed by atoms with Gasteiger partial charge in [0.15, 0.2) is 0 Å². The van der Waals surface area contributed by atoms with Crippen LogP contribution >= 0.6 is 23.2 Å². The number of hydrogen-bond donors (Lipinski definition) is 1. The third-order valence-corrected chi connectivity index (χ3v) is 11.7. The Labute approximate surface area is 293 Å². The highest BCUT2D eigenvalue weighted by Crippen LogP contribution is 2.39. The molecule has 1 unspecified atom stereocenters. The summed E-state index contributed by atoms with van der Waals surface area (Å²) in [6.07, 6.45) is 8.12. The number of nitrogens with one attached hydrogen (secondary N) is 1. The van der Waals surface area contributed by atoms with Crippen LogP contribution in [0.4, 0.5) is 5.69 Å². The zero-order valence-electron chi connectivity index (χ0n) is 28.4. The molecule has 3 fully saturated rings. The fourth-order valence-electron chi connectivity index (χ4n) is 7.94. The molecule has 3 aliphatic rings. The standard InChI is InChI=1S/C38H46Cl2N4O4/c1-23-24(2)38(47)42(3)21-30(23)29-19-32(39)31(35(20-29)48-4)22-43-13-9-26(10-14-43)27-11-15-44(16-12-27)34-7-5-25(18-33(34)40)17-28-6-8-36(45)41-37(28)46/h5,7,18-21,26-28H,6,8-17,22H2,1-4H3,(H,41,45,46). The number of nitrogens with zero attached hydrogens (tertiary/aromatic N) is 3. The van der Waals surface area contributed by atoms with Gasteiger partial charge in [0.05, 0.1) is 17.8 Å². The van der Waals surface area contributed by atoms with Gasteiger partial charge in [-0.25, -0.2) is 0 Å². The molecule has 0 bridgehead atoms. The Morgan fingerprint density at radius 1 is 0.875 bits per heavy atom. The number of carbonyl (C=O) groups excluding carboxylic acids is 2. The second kappa shape index (κ2) is 14.7. The van der Waals surface area contributed by atoms with Crippen LogP contribution < -0.4 is 20.5 Å². The first-order valence-electron chi connectivity index (χ1n) is 17.2. The highest BCUT2D eigenvalue weighted by Gasteiger charge is 2.31. The molecule has 6 rings (SSSR count). The molecule has 3 saturated heterocycles. The molecule has 0 aliphatic carbocycles. The van der Waals surface area contributed by atoms with E-state index in [-0.39, 0.29) is 23.3 Å². The van der Waals surface area contributed by atoms with Gasteiger partial charge in [-0.15, -0.1) is 0 Å². The first kappa shape index (κ1) is 34.5. The average molecular weight is 694 g/mol. The first-order chi connectivity index (χ1) is 23.0. The Hall–Kier alpha value is -3.33. The quantitative estimate of drug-likeness (QED) is 0.264. The lowest BCUT2D eigenvalue weighted by molar-refractivity contribution is -0.136. The molecule has 3 aliphatic heterocycles. The van der Waals surface area contributed by atoms with Gasteiger partial charge in [0.2, 0.25) is 11.8 Å². The van der Waals surface area contributed by atoms with Crippen molar-refractivity contribution in [3.05, 3.63) is 79.2 Å². The van der Waals surface area contributed by atoms with E-state index in [9.17, 15) is 14.4 Å². The molecule has 1 aromatic heterocycles. The highest BCUT2D eigenvalue weighted by atomic mass is 35.5. The van der Waals surface area contributed by atoms with Crippen molar-refractivity contribution in [2.75, 3.05) is 38.2 Å². The van der Waals surface area contributed by atoms with E-state index in [1.807, 2.05) is 38.2 Å². The first-order valence-corrected chi connectivity index (χ1v) is 17.9. The van der Waals surface area contributed by atoms with Crippen LogP contribution in [0.25, 0.3) is 11.1 Å². The number of amides is 2. The van der Waals surface area contributed by atoms with E-state index in [1.54, 1.807) is 18.7 Å². The number of methoxy groups -OCH3 is 1. The molecule has 0 spiro atoms. The van der Waals surface area contributed by atoms with Crippen LogP contribution in [0.3, 0.4) is 0 Å². The van der Waals surface area contributed by atoms with Crippen molar-refractivity contribution in [1.29, 1.82) is 0 Å². The molecule has 10 heteroatoms. The number of hydrogen-bond acceptors (Lipinski definition) is 6. The second-order valence-corrected chi connectivity index (χ2v) is 14.7. The number of imide groups is 1. The number of halogens is 2. The molecule has 1 N–H and O–H groups in total. The van der Waals surface area contributed by atoms with E-state index in [1.165, 1.54) is 12.8 Å². The molecule has 256 valence electrons. The molecule has 2 amide bonds. The molecule has 48 heavy (non-hydrogen) atoms. The van der Waals surface area contributed by atoms with Gasteiger partial charge in [0, 0.05) is 66.9 Å². The van der Waals surface area contributed by atoms with Crippen LogP contribution in [0.5, 0.6) is 5.75 Å². The van der Waals surface area contributed by atoms with Crippen LogP contribution in [0, 0.1) is 31.6 Å². The van der Waals surface area contributed by atoms with Gasteiger partial charge in [-0.1, -0.05) is 29.3 Å². The minimum atomic E-state index is -0.184. The third kappa shape index (κ3) is 7.31. The largest absolute Gasteiger partial charge is 0.496 e. The van der Waals surface area contributed by atoms with Gasteiger partial charge in [0.1, 0.15) is 5.75 Å². The average Bonchev–Trinajstić information content (AvgIpc) is 3.08. The van der Waals surface area contributed by atoms with E-state index in [0.29, 0.717) is 36.1 Å². The van der Waals surface area contributed by atoms with Crippen LogP contribution in [0.1, 0.15) is 60.8 Å². The minimum absolute atomic E-state index is 0.0133. The maximum absolute atomic E-state index is 12.4. The number of aromatic nitrogens is 1. The molecule has 4 heterocycles. The van der Waals surface area contributed by atoms with E-state index in [2.05, 4.69) is 27.2 Å². The number of pyridine rings is 1.